The average Bonchev–Trinajstić information content (AvgIpc) is 1.41. The summed E-state index contributed by atoms with van der Waals surface area (Å²) in [7, 11) is 0. The van der Waals surface area contributed by atoms with Gasteiger partial charge in [0.1, 0.15) is 0 Å². The number of hydrogen-bond donors (Lipinski definition) is 0. The summed E-state index contributed by atoms with van der Waals surface area (Å²) in [6, 6.07) is 0. The van der Waals surface area contributed by atoms with Crippen molar-refractivity contribution in [1.29, 1.82) is 0 Å². The zero-order valence-electron chi connectivity index (χ0n) is 5.03. The Balaban J connectivity index is -0.0000000267. The molecule has 3 radical (unpaired) electrons. The Morgan fingerprint density at radius 1 is 1.25 bits per heavy atom. The van der Waals surface area contributed by atoms with Crippen LogP contribution in [-0.4, -0.2) is 33.5 Å². The molecule has 0 spiro atoms. The Kier molecular flexibility index (Phi) is 74.3. The molecule has 0 aromatic heterocycles. The summed E-state index contributed by atoms with van der Waals surface area (Å²) < 4.78 is 1.43. The van der Waals surface area contributed by atoms with Gasteiger partial charge in [0.05, 0.1) is 0 Å². The van der Waals surface area contributed by atoms with Crippen LogP contribution in [-0.2, 0) is 0 Å². The molecule has 0 aromatic carbocycles. The second kappa shape index (κ2) is 25.4. The van der Waals surface area contributed by atoms with Crippen molar-refractivity contribution in [2.24, 2.45) is 0 Å². The van der Waals surface area contributed by atoms with Crippen molar-refractivity contribution < 1.29 is 15.7 Å². The summed E-state index contributed by atoms with van der Waals surface area (Å²) in [4.78, 5) is 0. The van der Waals surface area contributed by atoms with E-state index in [-0.39, 0.29) is 15.7 Å². The molecule has 0 atom stereocenters. The third-order valence-corrected chi connectivity index (χ3v) is 1.54. The molecule has 0 amide bonds. The van der Waals surface area contributed by atoms with Crippen molar-refractivity contribution in [3.8, 4) is 0 Å². The van der Waals surface area contributed by atoms with Crippen molar-refractivity contribution in [3.05, 3.63) is 0 Å². The van der Waals surface area contributed by atoms with Gasteiger partial charge in [-0.25, -0.2) is 0 Å². The van der Waals surface area contributed by atoms with Crippen molar-refractivity contribution in [2.45, 2.75) is 24.2 Å². The van der Waals surface area contributed by atoms with Gasteiger partial charge in [0, 0.05) is 0 Å². The van der Waals surface area contributed by atoms with Crippen LogP contribution in [0.4, 0.5) is 4.70 Å². The molecule has 0 aliphatic carbocycles. The van der Waals surface area contributed by atoms with Gasteiger partial charge in [-0.15, -0.1) is 0 Å². The second-order valence-electron chi connectivity index (χ2n) is 1.10. The minimum absolute atomic E-state index is 0. The van der Waals surface area contributed by atoms with Crippen molar-refractivity contribution in [3.63, 3.8) is 0 Å². The SMILES string of the molecule is CCC[CH2][Sn].F.O.O. The molecule has 0 unspecified atom stereocenters. The van der Waals surface area contributed by atoms with Gasteiger partial charge in [-0.3, -0.25) is 4.70 Å². The van der Waals surface area contributed by atoms with Gasteiger partial charge in [-0.05, 0) is 0 Å². The quantitative estimate of drug-likeness (QED) is 0.595. The van der Waals surface area contributed by atoms with Crippen LogP contribution in [0.2, 0.25) is 4.44 Å². The predicted molar refractivity (Wildman–Crippen MR) is 35.2 cm³/mol. The zero-order valence-corrected chi connectivity index (χ0v) is 7.88. The van der Waals surface area contributed by atoms with Gasteiger partial charge in [0.25, 0.3) is 0 Å². The van der Waals surface area contributed by atoms with Crippen LogP contribution in [0.3, 0.4) is 0 Å². The minimum atomic E-state index is 0. The Labute approximate surface area is 62.7 Å². The summed E-state index contributed by atoms with van der Waals surface area (Å²) in [6.07, 6.45) is 2.80. The standard InChI is InChI=1S/C4H9.FH.2H2O.Sn/c1-3-4-2;;;;/h1,3-4H2,2H3;1H;2*1H2;. The van der Waals surface area contributed by atoms with E-state index >= 15 is 0 Å². The van der Waals surface area contributed by atoms with Crippen LogP contribution >= 0.6 is 0 Å². The van der Waals surface area contributed by atoms with Gasteiger partial charge in [0.15, 0.2) is 0 Å². The maximum Gasteiger partial charge on any atom is -0.269 e. The monoisotopic (exact) mass is 233 g/mol. The smallest absolute Gasteiger partial charge is 0.269 e. The molecule has 0 saturated heterocycles. The third kappa shape index (κ3) is 30.2. The molecule has 8 heavy (non-hydrogen) atoms. The van der Waals surface area contributed by atoms with Crippen LogP contribution in [0.5, 0.6) is 0 Å². The number of hydrogen-bond acceptors (Lipinski definition) is 0. The predicted octanol–water partition coefficient (Wildman–Crippen LogP) is -0.124. The van der Waals surface area contributed by atoms with Gasteiger partial charge in [-0.1, -0.05) is 0 Å². The van der Waals surface area contributed by atoms with E-state index in [4.69, 9.17) is 0 Å². The first-order chi connectivity index (χ1) is 2.41. The van der Waals surface area contributed by atoms with Crippen LogP contribution in [0.15, 0.2) is 0 Å². The van der Waals surface area contributed by atoms with Crippen LogP contribution in [0, 0.1) is 0 Å². The molecule has 0 aromatic rings. The van der Waals surface area contributed by atoms with E-state index < -0.39 is 0 Å². The summed E-state index contributed by atoms with van der Waals surface area (Å²) in [5.41, 5.74) is 0. The number of halogens is 1. The maximum atomic E-state index is 2.23. The molecule has 2 nitrogen and oxygen atoms in total. The summed E-state index contributed by atoms with van der Waals surface area (Å²) in [6.45, 7) is 2.23. The first kappa shape index (κ1) is 23.4. The molecular weight excluding hydrogens is 218 g/mol. The molecular formula is C4H14FO2Sn. The molecule has 53 valence electrons. The Morgan fingerprint density at radius 3 is 1.62 bits per heavy atom. The Morgan fingerprint density at radius 2 is 1.62 bits per heavy atom. The molecule has 0 fully saturated rings. The maximum absolute atomic E-state index is 2.23. The second-order valence-corrected chi connectivity index (χ2v) is 2.53. The number of unbranched alkanes of at least 4 members (excludes halogenated alkanes) is 1. The van der Waals surface area contributed by atoms with Crippen LogP contribution in [0.25, 0.3) is 0 Å². The fourth-order valence-electron chi connectivity index (χ4n) is 0.177. The Hall–Kier alpha value is 0.649. The van der Waals surface area contributed by atoms with Crippen LogP contribution < -0.4 is 0 Å². The van der Waals surface area contributed by atoms with E-state index in [9.17, 15) is 0 Å². The molecule has 0 aliphatic heterocycles. The first-order valence-corrected chi connectivity index (χ1v) is 4.08. The fourth-order valence-corrected chi connectivity index (χ4v) is 1.19. The van der Waals surface area contributed by atoms with E-state index in [1.54, 1.807) is 22.5 Å². The van der Waals surface area contributed by atoms with Crippen molar-refractivity contribution in [1.82, 2.24) is 0 Å². The average molecular weight is 232 g/mol. The molecule has 0 rings (SSSR count). The topological polar surface area (TPSA) is 63.0 Å². The molecule has 4 heteroatoms. The van der Waals surface area contributed by atoms with Gasteiger partial charge in [-0.2, -0.15) is 0 Å². The molecule has 0 saturated carbocycles. The molecule has 0 aliphatic rings. The van der Waals surface area contributed by atoms with Crippen LogP contribution in [0.1, 0.15) is 19.8 Å². The fraction of sp³-hybridized carbons (Fsp3) is 1.00. The first-order valence-electron chi connectivity index (χ1n) is 2.06. The largest absolute Gasteiger partial charge is 0.412 e. The Bertz CT molecular complexity index is 21.5. The molecule has 0 heterocycles. The summed E-state index contributed by atoms with van der Waals surface area (Å²) in [5, 5.41) is 0. The van der Waals surface area contributed by atoms with E-state index in [1.165, 1.54) is 17.3 Å². The number of rotatable bonds is 2. The van der Waals surface area contributed by atoms with Crippen molar-refractivity contribution in [2.75, 3.05) is 0 Å². The van der Waals surface area contributed by atoms with Gasteiger partial charge >= 0.3 is 46.7 Å². The van der Waals surface area contributed by atoms with Gasteiger partial charge < -0.3 is 11.0 Å². The normalized spacial score (nSPS) is 5.25. The van der Waals surface area contributed by atoms with E-state index in [1.807, 2.05) is 0 Å². The van der Waals surface area contributed by atoms with Gasteiger partial charge in [0.2, 0.25) is 0 Å². The third-order valence-electron chi connectivity index (χ3n) is 0.530. The minimum Gasteiger partial charge on any atom is -0.412 e. The van der Waals surface area contributed by atoms with E-state index in [0.717, 1.165) is 0 Å². The van der Waals surface area contributed by atoms with E-state index in [0.29, 0.717) is 0 Å². The summed E-state index contributed by atoms with van der Waals surface area (Å²) >= 11 is 1.68. The van der Waals surface area contributed by atoms with Crippen molar-refractivity contribution >= 4 is 22.5 Å². The molecule has 0 bridgehead atoms. The summed E-state index contributed by atoms with van der Waals surface area (Å²) in [5.74, 6) is 0. The molecule has 4 N–H and O–H groups in total. The van der Waals surface area contributed by atoms with E-state index in [2.05, 4.69) is 6.92 Å². The zero-order chi connectivity index (χ0) is 4.12.